The second kappa shape index (κ2) is 7.72. The van der Waals surface area contributed by atoms with Gasteiger partial charge in [-0.2, -0.15) is 0 Å². The van der Waals surface area contributed by atoms with Crippen LogP contribution < -0.4 is 10.1 Å². The fourth-order valence-corrected chi connectivity index (χ4v) is 7.52. The van der Waals surface area contributed by atoms with E-state index in [0.717, 1.165) is 35.7 Å². The number of benzene rings is 1. The number of pyridine rings is 1. The Hall–Kier alpha value is -3.07. The molecular weight excluding hydrogens is 492 g/mol. The van der Waals surface area contributed by atoms with Crippen LogP contribution >= 0.6 is 12.4 Å². The maximum absolute atomic E-state index is 13.4. The number of carbonyl (C=O) groups is 1. The number of halogens is 1. The number of carbonyl (C=O) groups excluding carboxylic acids is 1. The molecule has 5 aliphatic rings. The van der Waals surface area contributed by atoms with Gasteiger partial charge in [0.2, 0.25) is 0 Å². The molecule has 1 aromatic carbocycles. The minimum Gasteiger partial charge on any atom is -0.504 e. The van der Waals surface area contributed by atoms with Gasteiger partial charge in [0.25, 0.3) is 5.91 Å². The Labute approximate surface area is 220 Å². The number of phenols is 1. The van der Waals surface area contributed by atoms with Gasteiger partial charge in [0.05, 0.1) is 22.5 Å². The van der Waals surface area contributed by atoms with Crippen LogP contribution in [0.25, 0.3) is 11.0 Å². The number of fused-ring (bicyclic) bond motifs is 1. The Kier molecular flexibility index (Phi) is 4.82. The second-order valence-corrected chi connectivity index (χ2v) is 11.2. The van der Waals surface area contributed by atoms with Crippen molar-refractivity contribution in [3.05, 3.63) is 65.5 Å². The number of ether oxygens (including phenoxy) is 1. The van der Waals surface area contributed by atoms with Crippen molar-refractivity contribution in [2.75, 3.05) is 13.1 Å². The summed E-state index contributed by atoms with van der Waals surface area (Å²) in [5.74, 6) is 1.02. The largest absolute Gasteiger partial charge is 0.504 e. The first kappa shape index (κ1) is 23.1. The molecule has 8 rings (SSSR count). The summed E-state index contributed by atoms with van der Waals surface area (Å²) < 4.78 is 6.50. The van der Waals surface area contributed by atoms with E-state index >= 15 is 0 Å². The van der Waals surface area contributed by atoms with Gasteiger partial charge >= 0.3 is 0 Å². The number of hydrogen-bond donors (Lipinski definition) is 4. The Bertz CT molecular complexity index is 1470. The molecule has 3 aliphatic carbocycles. The normalized spacial score (nSPS) is 32.9. The fourth-order valence-electron chi connectivity index (χ4n) is 7.52. The van der Waals surface area contributed by atoms with Gasteiger partial charge in [-0.15, -0.1) is 12.4 Å². The van der Waals surface area contributed by atoms with E-state index in [1.54, 1.807) is 18.5 Å². The van der Waals surface area contributed by atoms with Crippen molar-refractivity contribution < 1.29 is 19.7 Å². The third kappa shape index (κ3) is 2.92. The zero-order valence-corrected chi connectivity index (χ0v) is 21.0. The summed E-state index contributed by atoms with van der Waals surface area (Å²) in [5.41, 5.74) is 2.07. The van der Waals surface area contributed by atoms with Crippen LogP contribution in [0.5, 0.6) is 11.5 Å². The molecule has 4 heterocycles. The van der Waals surface area contributed by atoms with E-state index in [0.29, 0.717) is 29.7 Å². The number of H-pyrrole nitrogens is 1. The summed E-state index contributed by atoms with van der Waals surface area (Å²) in [6, 6.07) is 6.86. The Morgan fingerprint density at radius 2 is 2.16 bits per heavy atom. The Morgan fingerprint density at radius 3 is 3.00 bits per heavy atom. The van der Waals surface area contributed by atoms with Crippen LogP contribution in [0.1, 0.15) is 40.7 Å². The monoisotopic (exact) mass is 520 g/mol. The fraction of sp³-hybridized carbons (Fsp3) is 0.429. The molecule has 3 aromatic rings. The van der Waals surface area contributed by atoms with E-state index in [4.69, 9.17) is 4.74 Å². The smallest absolute Gasteiger partial charge is 0.255 e. The average Bonchev–Trinajstić information content (AvgIpc) is 3.46. The van der Waals surface area contributed by atoms with Gasteiger partial charge in [0, 0.05) is 30.5 Å². The molecule has 2 aromatic heterocycles. The Balaban J connectivity index is 0.00000231. The molecule has 0 unspecified atom stereocenters. The number of aromatic amines is 1. The molecule has 2 aliphatic heterocycles. The quantitative estimate of drug-likeness (QED) is 0.394. The number of aliphatic hydroxyl groups is 1. The lowest BCUT2D eigenvalue weighted by Gasteiger charge is -2.62. The molecule has 8 nitrogen and oxygen atoms in total. The maximum atomic E-state index is 13.4. The summed E-state index contributed by atoms with van der Waals surface area (Å²) in [5, 5.41) is 26.4. The number of hydrogen-bond acceptors (Lipinski definition) is 6. The van der Waals surface area contributed by atoms with E-state index in [9.17, 15) is 15.0 Å². The summed E-state index contributed by atoms with van der Waals surface area (Å²) in [4.78, 5) is 23.4. The molecule has 37 heavy (non-hydrogen) atoms. The molecule has 1 saturated heterocycles. The van der Waals surface area contributed by atoms with Crippen molar-refractivity contribution in [2.24, 2.45) is 5.92 Å². The van der Waals surface area contributed by atoms with Crippen LogP contribution in [0.2, 0.25) is 0 Å². The minimum absolute atomic E-state index is 0. The van der Waals surface area contributed by atoms with Crippen molar-refractivity contribution in [2.45, 2.75) is 54.9 Å². The second-order valence-electron chi connectivity index (χ2n) is 11.2. The molecule has 4 N–H and O–H groups in total. The van der Waals surface area contributed by atoms with E-state index in [1.165, 1.54) is 12.8 Å². The van der Waals surface area contributed by atoms with Gasteiger partial charge in [-0.3, -0.25) is 14.7 Å². The number of aromatic nitrogens is 2. The first-order chi connectivity index (χ1) is 17.5. The van der Waals surface area contributed by atoms with Crippen molar-refractivity contribution in [3.63, 3.8) is 0 Å². The predicted molar refractivity (Wildman–Crippen MR) is 139 cm³/mol. The number of amides is 1. The van der Waals surface area contributed by atoms with E-state index in [-0.39, 0.29) is 30.1 Å². The van der Waals surface area contributed by atoms with E-state index in [2.05, 4.69) is 20.2 Å². The predicted octanol–water partition coefficient (Wildman–Crippen LogP) is 2.83. The molecule has 192 valence electrons. The maximum Gasteiger partial charge on any atom is 0.255 e. The molecule has 0 radical (unpaired) electrons. The van der Waals surface area contributed by atoms with Crippen LogP contribution in [-0.2, 0) is 11.8 Å². The lowest BCUT2D eigenvalue weighted by molar-refractivity contribution is -0.144. The number of phenolic OH excluding ortho intramolecular Hbond substituents is 1. The lowest BCUT2D eigenvalue weighted by Crippen LogP contribution is -2.76. The zero-order valence-electron chi connectivity index (χ0n) is 20.2. The molecule has 9 heteroatoms. The van der Waals surface area contributed by atoms with Crippen LogP contribution in [0.15, 0.2) is 48.8 Å². The van der Waals surface area contributed by atoms with Gasteiger partial charge in [0.1, 0.15) is 17.2 Å². The minimum atomic E-state index is -1.14. The molecular formula is C28H29ClN4O4. The van der Waals surface area contributed by atoms with Crippen LogP contribution in [-0.4, -0.2) is 67.9 Å². The highest BCUT2D eigenvalue weighted by Gasteiger charge is 2.72. The van der Waals surface area contributed by atoms with Gasteiger partial charge in [-0.25, -0.2) is 0 Å². The standard InChI is InChI=1S/C28H28N4O4.ClH/c33-20-6-5-16-12-21-28(35)8-7-19(31-26(34)17-13-30-18-2-1-10-29-23(17)18)25-27(28,22(16)24(20)36-25)9-11-32(21)14-15-3-4-15;/h1-2,5-8,10,13,15,19,21,25,30,33,35H,3-4,9,11-12,14H2,(H,31,34);1H/t19-,21-,25+,27+,28-;/m1./s1. The van der Waals surface area contributed by atoms with Crippen molar-refractivity contribution in [3.8, 4) is 11.5 Å². The third-order valence-corrected chi connectivity index (χ3v) is 9.32. The lowest BCUT2D eigenvalue weighted by atomic mass is 9.50. The Morgan fingerprint density at radius 1 is 1.30 bits per heavy atom. The average molecular weight is 521 g/mol. The molecule has 1 saturated carbocycles. The van der Waals surface area contributed by atoms with Gasteiger partial charge < -0.3 is 25.3 Å². The highest BCUT2D eigenvalue weighted by molar-refractivity contribution is 6.05. The SMILES string of the molecule is Cl.O=C(N[C@@H]1C=C[C@@]2(O)[C@H]3Cc4ccc(O)c5c4[C@@]2(CCN3CC2CC2)[C@H]1O5)c1c[nH]c2cccnc12. The van der Waals surface area contributed by atoms with Crippen molar-refractivity contribution >= 4 is 29.3 Å². The van der Waals surface area contributed by atoms with E-state index < -0.39 is 23.2 Å². The molecule has 5 atom stereocenters. The highest BCUT2D eigenvalue weighted by atomic mass is 35.5. The first-order valence-corrected chi connectivity index (χ1v) is 12.9. The first-order valence-electron chi connectivity index (χ1n) is 12.9. The number of likely N-dealkylation sites (tertiary alicyclic amines) is 1. The van der Waals surface area contributed by atoms with E-state index in [1.807, 2.05) is 30.4 Å². The molecule has 2 fully saturated rings. The number of nitrogens with zero attached hydrogens (tertiary/aromatic N) is 2. The number of rotatable bonds is 4. The van der Waals surface area contributed by atoms with Gasteiger partial charge in [-0.05, 0) is 61.9 Å². The zero-order chi connectivity index (χ0) is 24.2. The third-order valence-electron chi connectivity index (χ3n) is 9.32. The number of aromatic hydroxyl groups is 1. The number of nitrogens with one attached hydrogen (secondary N) is 2. The summed E-state index contributed by atoms with van der Waals surface area (Å²) in [6.07, 6.45) is 10.6. The number of piperidine rings is 1. The summed E-state index contributed by atoms with van der Waals surface area (Å²) in [6.45, 7) is 1.87. The van der Waals surface area contributed by atoms with Crippen molar-refractivity contribution in [1.29, 1.82) is 0 Å². The van der Waals surface area contributed by atoms with Gasteiger partial charge in [-0.1, -0.05) is 18.2 Å². The molecule has 2 bridgehead atoms. The topological polar surface area (TPSA) is 111 Å². The van der Waals surface area contributed by atoms with Crippen LogP contribution in [0.3, 0.4) is 0 Å². The molecule has 1 amide bonds. The highest BCUT2D eigenvalue weighted by Crippen LogP contribution is 2.64. The molecule has 1 spiro atoms. The summed E-state index contributed by atoms with van der Waals surface area (Å²) in [7, 11) is 0. The van der Waals surface area contributed by atoms with Crippen LogP contribution in [0.4, 0.5) is 0 Å². The van der Waals surface area contributed by atoms with Crippen LogP contribution in [0, 0.1) is 5.92 Å². The van der Waals surface area contributed by atoms with Crippen molar-refractivity contribution in [1.82, 2.24) is 20.2 Å². The van der Waals surface area contributed by atoms with Gasteiger partial charge in [0.15, 0.2) is 11.5 Å². The summed E-state index contributed by atoms with van der Waals surface area (Å²) >= 11 is 0.